The maximum absolute atomic E-state index is 13.4. The van der Waals surface area contributed by atoms with Crippen molar-refractivity contribution >= 4 is 34.9 Å². The van der Waals surface area contributed by atoms with Crippen molar-refractivity contribution in [1.29, 1.82) is 0 Å². The van der Waals surface area contributed by atoms with Crippen LogP contribution in [0.5, 0.6) is 0 Å². The number of benzene rings is 2. The first-order valence-electron chi connectivity index (χ1n) is 9.29. The van der Waals surface area contributed by atoms with E-state index in [1.54, 1.807) is 18.2 Å². The molecule has 10 heteroatoms. The fourth-order valence-electron chi connectivity index (χ4n) is 3.46. The quantitative estimate of drug-likeness (QED) is 0.595. The number of halogens is 3. The fourth-order valence-corrected chi connectivity index (χ4v) is 3.65. The summed E-state index contributed by atoms with van der Waals surface area (Å²) in [6, 6.07) is 9.19. The van der Waals surface area contributed by atoms with E-state index in [0.717, 1.165) is 17.7 Å². The first kappa shape index (κ1) is 21.0. The summed E-state index contributed by atoms with van der Waals surface area (Å²) >= 11 is 6.12. The summed E-state index contributed by atoms with van der Waals surface area (Å²) in [5, 5.41) is 10.2. The Morgan fingerprint density at radius 2 is 2.06 bits per heavy atom. The molecule has 0 spiro atoms. The monoisotopic (exact) mass is 446 g/mol. The second kappa shape index (κ2) is 8.44. The predicted octanol–water partition coefficient (Wildman–Crippen LogP) is 4.15. The Labute approximate surface area is 181 Å². The molecule has 0 fully saturated rings. The van der Waals surface area contributed by atoms with E-state index in [0.29, 0.717) is 22.1 Å². The summed E-state index contributed by atoms with van der Waals surface area (Å²) in [5.74, 6) is -2.62. The standard InChI is InChI=1S/C21H17ClF2N4O3/c1-31-10-16-19(11-3-2-4-12(22)7-11)20-26-21(30)17(28(20)27-16)9-18(29)25-13-5-6-14(23)15(24)8-13/h2-8,17H,9-10H2,1H3,(H,25,29)(H,26,30). The van der Waals surface area contributed by atoms with Crippen LogP contribution in [0.4, 0.5) is 20.3 Å². The second-order valence-corrected chi connectivity index (χ2v) is 7.38. The highest BCUT2D eigenvalue weighted by molar-refractivity contribution is 6.30. The molecule has 0 aliphatic carbocycles. The topological polar surface area (TPSA) is 85.2 Å². The van der Waals surface area contributed by atoms with Gasteiger partial charge in [-0.1, -0.05) is 23.7 Å². The van der Waals surface area contributed by atoms with Crippen LogP contribution in [-0.4, -0.2) is 28.7 Å². The highest BCUT2D eigenvalue weighted by Gasteiger charge is 2.37. The molecule has 1 aliphatic rings. The number of carbonyl (C=O) groups excluding carboxylic acids is 2. The Morgan fingerprint density at radius 1 is 1.26 bits per heavy atom. The zero-order chi connectivity index (χ0) is 22.1. The van der Waals surface area contributed by atoms with Gasteiger partial charge in [-0.2, -0.15) is 5.10 Å². The van der Waals surface area contributed by atoms with Crippen LogP contribution in [0.3, 0.4) is 0 Å². The van der Waals surface area contributed by atoms with Gasteiger partial charge in [-0.15, -0.1) is 0 Å². The maximum Gasteiger partial charge on any atom is 0.251 e. The molecule has 0 bridgehead atoms. The van der Waals surface area contributed by atoms with E-state index >= 15 is 0 Å². The van der Waals surface area contributed by atoms with Gasteiger partial charge in [-0.25, -0.2) is 13.5 Å². The Bertz CT molecular complexity index is 1180. The van der Waals surface area contributed by atoms with E-state index in [4.69, 9.17) is 16.3 Å². The minimum Gasteiger partial charge on any atom is -0.378 e. The van der Waals surface area contributed by atoms with E-state index in [2.05, 4.69) is 15.7 Å². The van der Waals surface area contributed by atoms with E-state index < -0.39 is 29.5 Å². The number of carbonyl (C=O) groups is 2. The van der Waals surface area contributed by atoms with E-state index in [1.807, 2.05) is 6.07 Å². The Balaban J connectivity index is 1.62. The Kier molecular flexibility index (Phi) is 5.71. The van der Waals surface area contributed by atoms with Crippen molar-refractivity contribution in [3.05, 3.63) is 64.8 Å². The van der Waals surface area contributed by atoms with Crippen LogP contribution in [0, 0.1) is 11.6 Å². The third kappa shape index (κ3) is 4.14. The molecular weight excluding hydrogens is 430 g/mol. The molecule has 2 aromatic carbocycles. The van der Waals surface area contributed by atoms with Crippen LogP contribution in [0.25, 0.3) is 11.1 Å². The van der Waals surface area contributed by atoms with E-state index in [-0.39, 0.29) is 18.7 Å². The third-order valence-corrected chi connectivity index (χ3v) is 5.03. The Hall–Kier alpha value is -3.30. The molecule has 2 N–H and O–H groups in total. The molecule has 1 aromatic heterocycles. The number of hydrogen-bond donors (Lipinski definition) is 2. The molecule has 0 radical (unpaired) electrons. The lowest BCUT2D eigenvalue weighted by Gasteiger charge is -2.10. The highest BCUT2D eigenvalue weighted by atomic mass is 35.5. The van der Waals surface area contributed by atoms with Crippen molar-refractivity contribution in [2.24, 2.45) is 0 Å². The van der Waals surface area contributed by atoms with E-state index in [9.17, 15) is 18.4 Å². The van der Waals surface area contributed by atoms with Crippen LogP contribution < -0.4 is 10.6 Å². The molecular formula is C21H17ClF2N4O3. The number of anilines is 2. The number of nitrogens with one attached hydrogen (secondary N) is 2. The molecule has 1 aliphatic heterocycles. The molecule has 7 nitrogen and oxygen atoms in total. The molecule has 2 heterocycles. The van der Waals surface area contributed by atoms with Crippen molar-refractivity contribution in [1.82, 2.24) is 9.78 Å². The summed E-state index contributed by atoms with van der Waals surface area (Å²) < 4.78 is 33.1. The van der Waals surface area contributed by atoms with Crippen LogP contribution >= 0.6 is 11.6 Å². The zero-order valence-electron chi connectivity index (χ0n) is 16.3. The number of aromatic nitrogens is 2. The summed E-state index contributed by atoms with van der Waals surface area (Å²) in [6.45, 7) is 0.186. The molecule has 0 saturated heterocycles. The molecule has 31 heavy (non-hydrogen) atoms. The van der Waals surface area contributed by atoms with Gasteiger partial charge < -0.3 is 15.4 Å². The summed E-state index contributed by atoms with van der Waals surface area (Å²) in [6.07, 6.45) is -0.249. The maximum atomic E-state index is 13.4. The number of fused-ring (bicyclic) bond motifs is 1. The van der Waals surface area contributed by atoms with E-state index in [1.165, 1.54) is 17.9 Å². The largest absolute Gasteiger partial charge is 0.378 e. The van der Waals surface area contributed by atoms with Gasteiger partial charge in [0.2, 0.25) is 5.91 Å². The van der Waals surface area contributed by atoms with Gasteiger partial charge in [-0.3, -0.25) is 9.59 Å². The number of amides is 2. The molecule has 1 unspecified atom stereocenters. The second-order valence-electron chi connectivity index (χ2n) is 6.94. The van der Waals surface area contributed by atoms with Gasteiger partial charge in [0.05, 0.1) is 18.7 Å². The fraction of sp³-hybridized carbons (Fsp3) is 0.190. The van der Waals surface area contributed by atoms with Crippen molar-refractivity contribution < 1.29 is 23.1 Å². The smallest absolute Gasteiger partial charge is 0.251 e. The number of hydrogen-bond acceptors (Lipinski definition) is 4. The average Bonchev–Trinajstić information content (AvgIpc) is 3.20. The lowest BCUT2D eigenvalue weighted by Crippen LogP contribution is -2.24. The van der Waals surface area contributed by atoms with Crippen molar-refractivity contribution in [3.63, 3.8) is 0 Å². The third-order valence-electron chi connectivity index (χ3n) is 4.80. The van der Waals surface area contributed by atoms with Gasteiger partial charge in [0.1, 0.15) is 11.9 Å². The van der Waals surface area contributed by atoms with Gasteiger partial charge in [0.25, 0.3) is 5.91 Å². The lowest BCUT2D eigenvalue weighted by atomic mass is 10.1. The van der Waals surface area contributed by atoms with Crippen LogP contribution in [-0.2, 0) is 20.9 Å². The molecule has 0 saturated carbocycles. The number of methoxy groups -OCH3 is 1. The predicted molar refractivity (Wildman–Crippen MR) is 111 cm³/mol. The summed E-state index contributed by atoms with van der Waals surface area (Å²) in [4.78, 5) is 25.0. The molecule has 2 amide bonds. The lowest BCUT2D eigenvalue weighted by molar-refractivity contribution is -0.123. The molecule has 4 rings (SSSR count). The summed E-state index contributed by atoms with van der Waals surface area (Å²) in [7, 11) is 1.53. The van der Waals surface area contributed by atoms with Crippen LogP contribution in [0.15, 0.2) is 42.5 Å². The summed E-state index contributed by atoms with van der Waals surface area (Å²) in [5.41, 5.74) is 2.06. The van der Waals surface area contributed by atoms with Crippen molar-refractivity contribution in [2.45, 2.75) is 19.1 Å². The van der Waals surface area contributed by atoms with Gasteiger partial charge in [0, 0.05) is 29.4 Å². The van der Waals surface area contributed by atoms with Crippen LogP contribution in [0.2, 0.25) is 5.02 Å². The normalized spacial score (nSPS) is 15.0. The van der Waals surface area contributed by atoms with Gasteiger partial charge in [-0.05, 0) is 29.8 Å². The van der Waals surface area contributed by atoms with Crippen LogP contribution in [0.1, 0.15) is 18.2 Å². The Morgan fingerprint density at radius 3 is 2.77 bits per heavy atom. The SMILES string of the molecule is COCc1nn2c(c1-c1cccc(Cl)c1)NC(=O)C2CC(=O)Nc1ccc(F)c(F)c1. The minimum absolute atomic E-state index is 0.0858. The van der Waals surface area contributed by atoms with Gasteiger partial charge >= 0.3 is 0 Å². The average molecular weight is 447 g/mol. The molecule has 3 aromatic rings. The first-order valence-corrected chi connectivity index (χ1v) is 9.67. The van der Waals surface area contributed by atoms with Crippen molar-refractivity contribution in [2.75, 3.05) is 17.7 Å². The zero-order valence-corrected chi connectivity index (χ0v) is 17.0. The molecule has 160 valence electrons. The number of rotatable bonds is 6. The number of ether oxygens (including phenoxy) is 1. The number of nitrogens with zero attached hydrogens (tertiary/aromatic N) is 2. The van der Waals surface area contributed by atoms with Gasteiger partial charge in [0.15, 0.2) is 11.6 Å². The minimum atomic E-state index is -1.08. The highest BCUT2D eigenvalue weighted by Crippen LogP contribution is 2.39. The molecule has 1 atom stereocenters. The first-order chi connectivity index (χ1) is 14.9. The van der Waals surface area contributed by atoms with Crippen molar-refractivity contribution in [3.8, 4) is 11.1 Å².